The summed E-state index contributed by atoms with van der Waals surface area (Å²) in [6.07, 6.45) is 8.10. The third-order valence-corrected chi connectivity index (χ3v) is 2.43. The SMILES string of the molecule is C/C(=C\C(=O)C1=CC=CC1)NCCNCCO. The first kappa shape index (κ1) is 13.7. The van der Waals surface area contributed by atoms with E-state index in [9.17, 15) is 4.79 Å². The predicted octanol–water partition coefficient (Wildman–Crippen LogP) is 0.517. The summed E-state index contributed by atoms with van der Waals surface area (Å²) >= 11 is 0. The van der Waals surface area contributed by atoms with Gasteiger partial charge in [0, 0.05) is 37.0 Å². The number of hydrogen-bond donors (Lipinski definition) is 3. The smallest absolute Gasteiger partial charge is 0.183 e. The van der Waals surface area contributed by atoms with Crippen molar-refractivity contribution >= 4 is 5.78 Å². The number of nitrogens with one attached hydrogen (secondary N) is 2. The van der Waals surface area contributed by atoms with E-state index in [-0.39, 0.29) is 12.4 Å². The van der Waals surface area contributed by atoms with Crippen LogP contribution in [0, 0.1) is 0 Å². The molecule has 0 bridgehead atoms. The van der Waals surface area contributed by atoms with Gasteiger partial charge < -0.3 is 15.7 Å². The van der Waals surface area contributed by atoms with Gasteiger partial charge in [0.2, 0.25) is 0 Å². The van der Waals surface area contributed by atoms with E-state index < -0.39 is 0 Å². The van der Waals surface area contributed by atoms with Gasteiger partial charge in [-0.1, -0.05) is 18.2 Å². The first-order chi connectivity index (χ1) is 8.24. The number of aliphatic hydroxyl groups is 1. The van der Waals surface area contributed by atoms with E-state index in [1.807, 2.05) is 25.2 Å². The van der Waals surface area contributed by atoms with Crippen LogP contribution >= 0.6 is 0 Å². The van der Waals surface area contributed by atoms with Gasteiger partial charge in [0.1, 0.15) is 0 Å². The quantitative estimate of drug-likeness (QED) is 0.425. The average molecular weight is 236 g/mol. The monoisotopic (exact) mass is 236 g/mol. The Balaban J connectivity index is 2.22. The van der Waals surface area contributed by atoms with Crippen LogP contribution in [0.15, 0.2) is 35.6 Å². The molecule has 0 spiro atoms. The van der Waals surface area contributed by atoms with Gasteiger partial charge in [-0.3, -0.25) is 4.79 Å². The third kappa shape index (κ3) is 5.47. The summed E-state index contributed by atoms with van der Waals surface area (Å²) in [6.45, 7) is 4.14. The Hall–Kier alpha value is -1.39. The van der Waals surface area contributed by atoms with Crippen LogP contribution in [-0.2, 0) is 4.79 Å². The number of allylic oxidation sites excluding steroid dienone is 6. The molecule has 0 saturated heterocycles. The van der Waals surface area contributed by atoms with Gasteiger partial charge in [-0.2, -0.15) is 0 Å². The molecule has 0 atom stereocenters. The second kappa shape index (κ2) is 7.81. The average Bonchev–Trinajstić information content (AvgIpc) is 2.82. The third-order valence-electron chi connectivity index (χ3n) is 2.43. The standard InChI is InChI=1S/C13H20N2O2/c1-11(15-7-6-14-8-9-16)10-13(17)12-4-2-3-5-12/h2-4,10,14-16H,5-9H2,1H3/b11-10+. The summed E-state index contributed by atoms with van der Waals surface area (Å²) in [5.41, 5.74) is 1.71. The van der Waals surface area contributed by atoms with Gasteiger partial charge in [-0.15, -0.1) is 0 Å². The van der Waals surface area contributed by atoms with Crippen LogP contribution < -0.4 is 10.6 Å². The lowest BCUT2D eigenvalue weighted by Crippen LogP contribution is -2.28. The molecule has 4 nitrogen and oxygen atoms in total. The molecule has 0 aromatic heterocycles. The molecule has 1 aliphatic rings. The maximum atomic E-state index is 11.7. The highest BCUT2D eigenvalue weighted by Gasteiger charge is 2.07. The van der Waals surface area contributed by atoms with E-state index in [4.69, 9.17) is 5.11 Å². The first-order valence-electron chi connectivity index (χ1n) is 5.88. The zero-order valence-corrected chi connectivity index (χ0v) is 10.2. The van der Waals surface area contributed by atoms with Crippen molar-refractivity contribution < 1.29 is 9.90 Å². The second-order valence-electron chi connectivity index (χ2n) is 3.92. The van der Waals surface area contributed by atoms with Crippen molar-refractivity contribution in [1.29, 1.82) is 0 Å². The Morgan fingerprint density at radius 1 is 1.47 bits per heavy atom. The Morgan fingerprint density at radius 3 is 2.94 bits per heavy atom. The van der Waals surface area contributed by atoms with E-state index in [1.165, 1.54) is 0 Å². The molecule has 3 N–H and O–H groups in total. The molecule has 94 valence electrons. The first-order valence-corrected chi connectivity index (χ1v) is 5.88. The predicted molar refractivity (Wildman–Crippen MR) is 68.6 cm³/mol. The van der Waals surface area contributed by atoms with Crippen LogP contribution in [-0.4, -0.2) is 37.1 Å². The minimum absolute atomic E-state index is 0.0725. The maximum Gasteiger partial charge on any atom is 0.183 e. The highest BCUT2D eigenvalue weighted by Crippen LogP contribution is 2.12. The lowest BCUT2D eigenvalue weighted by atomic mass is 10.1. The minimum atomic E-state index is 0.0725. The van der Waals surface area contributed by atoms with E-state index in [0.29, 0.717) is 6.54 Å². The van der Waals surface area contributed by atoms with Crippen molar-refractivity contribution in [1.82, 2.24) is 10.6 Å². The van der Waals surface area contributed by atoms with Crippen molar-refractivity contribution in [3.05, 3.63) is 35.6 Å². The molecule has 0 aromatic rings. The molecule has 0 saturated carbocycles. The number of ketones is 1. The van der Waals surface area contributed by atoms with Crippen LogP contribution in [0.1, 0.15) is 13.3 Å². The summed E-state index contributed by atoms with van der Waals surface area (Å²) in [5, 5.41) is 14.8. The molecule has 1 aliphatic carbocycles. The second-order valence-corrected chi connectivity index (χ2v) is 3.92. The van der Waals surface area contributed by atoms with Crippen molar-refractivity contribution in [2.75, 3.05) is 26.2 Å². The number of aliphatic hydroxyl groups excluding tert-OH is 1. The molecule has 1 rings (SSSR count). The molecule has 0 radical (unpaired) electrons. The highest BCUT2D eigenvalue weighted by molar-refractivity contribution is 6.05. The lowest BCUT2D eigenvalue weighted by Gasteiger charge is -2.07. The Morgan fingerprint density at radius 2 is 2.29 bits per heavy atom. The molecule has 4 heteroatoms. The van der Waals surface area contributed by atoms with Crippen molar-refractivity contribution in [3.8, 4) is 0 Å². The van der Waals surface area contributed by atoms with E-state index in [2.05, 4.69) is 10.6 Å². The van der Waals surface area contributed by atoms with Crippen LogP contribution in [0.5, 0.6) is 0 Å². The fourth-order valence-electron chi connectivity index (χ4n) is 1.52. The van der Waals surface area contributed by atoms with Gasteiger partial charge in [0.25, 0.3) is 0 Å². The summed E-state index contributed by atoms with van der Waals surface area (Å²) in [5.74, 6) is 0.0725. The van der Waals surface area contributed by atoms with Gasteiger partial charge in [-0.25, -0.2) is 0 Å². The van der Waals surface area contributed by atoms with Crippen molar-refractivity contribution in [2.24, 2.45) is 0 Å². The number of hydrogen-bond acceptors (Lipinski definition) is 4. The largest absolute Gasteiger partial charge is 0.395 e. The summed E-state index contributed by atoms with van der Waals surface area (Å²) in [6, 6.07) is 0. The molecule has 0 aliphatic heterocycles. The van der Waals surface area contributed by atoms with E-state index >= 15 is 0 Å². The summed E-state index contributed by atoms with van der Waals surface area (Å²) in [7, 11) is 0. The molecule has 0 fully saturated rings. The van der Waals surface area contributed by atoms with Crippen molar-refractivity contribution in [2.45, 2.75) is 13.3 Å². The highest BCUT2D eigenvalue weighted by atomic mass is 16.3. The Kier molecular flexibility index (Phi) is 6.29. The van der Waals surface area contributed by atoms with E-state index in [1.54, 1.807) is 6.08 Å². The zero-order valence-electron chi connectivity index (χ0n) is 10.2. The Labute approximate surface area is 102 Å². The van der Waals surface area contributed by atoms with Crippen LogP contribution in [0.4, 0.5) is 0 Å². The normalized spacial score (nSPS) is 14.9. The maximum absolute atomic E-state index is 11.7. The van der Waals surface area contributed by atoms with Gasteiger partial charge in [0.05, 0.1) is 6.61 Å². The number of carbonyl (C=O) groups excluding carboxylic acids is 1. The molecule has 0 aromatic carbocycles. The number of carbonyl (C=O) groups is 1. The molecule has 0 heterocycles. The topological polar surface area (TPSA) is 61.4 Å². The molecular weight excluding hydrogens is 216 g/mol. The summed E-state index contributed by atoms with van der Waals surface area (Å²) in [4.78, 5) is 11.7. The number of rotatable bonds is 8. The van der Waals surface area contributed by atoms with Crippen molar-refractivity contribution in [3.63, 3.8) is 0 Å². The van der Waals surface area contributed by atoms with Crippen LogP contribution in [0.2, 0.25) is 0 Å². The summed E-state index contributed by atoms with van der Waals surface area (Å²) < 4.78 is 0. The fourth-order valence-corrected chi connectivity index (χ4v) is 1.52. The Bertz CT molecular complexity index is 343. The minimum Gasteiger partial charge on any atom is -0.395 e. The lowest BCUT2D eigenvalue weighted by molar-refractivity contribution is -0.111. The fraction of sp³-hybridized carbons (Fsp3) is 0.462. The van der Waals surface area contributed by atoms with Crippen LogP contribution in [0.25, 0.3) is 0 Å². The van der Waals surface area contributed by atoms with Gasteiger partial charge in [0.15, 0.2) is 5.78 Å². The molecule has 0 unspecified atom stereocenters. The van der Waals surface area contributed by atoms with Gasteiger partial charge >= 0.3 is 0 Å². The molecule has 17 heavy (non-hydrogen) atoms. The zero-order chi connectivity index (χ0) is 12.5. The van der Waals surface area contributed by atoms with E-state index in [0.717, 1.165) is 30.8 Å². The van der Waals surface area contributed by atoms with Gasteiger partial charge in [-0.05, 0) is 13.3 Å². The molecule has 0 amide bonds. The molecular formula is C13H20N2O2. The van der Waals surface area contributed by atoms with Crippen LogP contribution in [0.3, 0.4) is 0 Å².